The molecule has 1 atom stereocenters. The maximum atomic E-state index is 10.7. The van der Waals surface area contributed by atoms with Gasteiger partial charge in [-0.15, -0.1) is 0 Å². The van der Waals surface area contributed by atoms with Crippen molar-refractivity contribution in [1.29, 1.82) is 0 Å². The highest BCUT2D eigenvalue weighted by Gasteiger charge is 2.10. The van der Waals surface area contributed by atoms with Gasteiger partial charge in [0.05, 0.1) is 0 Å². The summed E-state index contributed by atoms with van der Waals surface area (Å²) < 4.78 is 40.4. The van der Waals surface area contributed by atoms with Gasteiger partial charge in [0.15, 0.2) is 5.03 Å². The maximum Gasteiger partial charge on any atom is 0.262 e. The average molecular weight is 242 g/mol. The van der Waals surface area contributed by atoms with Crippen LogP contribution in [0.5, 0.6) is 0 Å². The predicted molar refractivity (Wildman–Crippen MR) is 46.3 cm³/mol. The fraction of sp³-hybridized carbons (Fsp3) is 0. The average Bonchev–Trinajstić information content (AvgIpc) is 2.03. The van der Waals surface area contributed by atoms with Crippen molar-refractivity contribution < 1.29 is 17.2 Å². The van der Waals surface area contributed by atoms with E-state index in [1.807, 2.05) is 0 Å². The van der Waals surface area contributed by atoms with Crippen molar-refractivity contribution in [3.05, 3.63) is 18.3 Å². The molecule has 0 spiro atoms. The summed E-state index contributed by atoms with van der Waals surface area (Å²) in [6.45, 7) is 0. The highest BCUT2D eigenvalue weighted by Crippen LogP contribution is 2.13. The van der Waals surface area contributed by atoms with Crippen LogP contribution in [0.1, 0.15) is 0 Å². The van der Waals surface area contributed by atoms with Crippen LogP contribution in [0.15, 0.2) is 28.3 Å². The van der Waals surface area contributed by atoms with E-state index in [4.69, 9.17) is 15.2 Å². The Labute approximate surface area is 81.5 Å². The summed E-state index contributed by atoms with van der Waals surface area (Å²) in [5, 5.41) is -0.121. The summed E-state index contributed by atoms with van der Waals surface area (Å²) in [6.07, 6.45) is 0.922. The Morgan fingerprint density at radius 1 is 1.46 bits per heavy atom. The molecule has 1 aromatic rings. The van der Waals surface area contributed by atoms with Crippen LogP contribution in [0.4, 0.5) is 0 Å². The van der Waals surface area contributed by atoms with Crippen LogP contribution < -0.4 is 0 Å². The zero-order chi connectivity index (χ0) is 10.1. The first-order valence-electron chi connectivity index (χ1n) is 2.93. The fourth-order valence-corrected chi connectivity index (χ4v) is 1.62. The van der Waals surface area contributed by atoms with Crippen LogP contribution in [-0.4, -0.2) is 22.2 Å². The molecule has 0 amide bonds. The van der Waals surface area contributed by atoms with E-state index < -0.39 is 20.1 Å². The van der Waals surface area contributed by atoms with Crippen LogP contribution in [0.25, 0.3) is 0 Å². The van der Waals surface area contributed by atoms with Crippen LogP contribution in [0, 0.1) is 0 Å². The number of hydrogen-bond acceptors (Lipinski definition) is 4. The quantitative estimate of drug-likeness (QED) is 0.605. The summed E-state index contributed by atoms with van der Waals surface area (Å²) in [4.78, 5) is 3.23. The van der Waals surface area contributed by atoms with Crippen molar-refractivity contribution >= 4 is 30.8 Å². The monoisotopic (exact) mass is 241 g/mol. The molecule has 0 aromatic carbocycles. The van der Waals surface area contributed by atoms with Gasteiger partial charge in [0, 0.05) is 16.9 Å². The number of pyridine rings is 1. The third-order valence-electron chi connectivity index (χ3n) is 1.17. The van der Waals surface area contributed by atoms with Gasteiger partial charge in [-0.2, -0.15) is 0 Å². The summed E-state index contributed by atoms with van der Waals surface area (Å²) in [5.41, 5.74) is 0. The van der Waals surface area contributed by atoms with E-state index in [1.54, 1.807) is 0 Å². The first-order valence-corrected chi connectivity index (χ1v) is 6.34. The van der Waals surface area contributed by atoms with Gasteiger partial charge in [0.1, 0.15) is 4.90 Å². The Bertz CT molecular complexity index is 426. The molecule has 5 nitrogen and oxygen atoms in total. The number of hydrogen-bond donors (Lipinski definition) is 1. The minimum atomic E-state index is -3.82. The van der Waals surface area contributed by atoms with E-state index in [1.165, 1.54) is 0 Å². The molecule has 1 N–H and O–H groups in total. The zero-order valence-corrected chi connectivity index (χ0v) is 8.43. The molecule has 1 heterocycles. The van der Waals surface area contributed by atoms with E-state index in [0.717, 1.165) is 18.3 Å². The molecule has 8 heteroatoms. The van der Waals surface area contributed by atoms with Crippen LogP contribution in [0.2, 0.25) is 0 Å². The molecule has 0 fully saturated rings. The lowest BCUT2D eigenvalue weighted by molar-refractivity contribution is 0.560. The van der Waals surface area contributed by atoms with E-state index in [0.29, 0.717) is 0 Å². The lowest BCUT2D eigenvalue weighted by Crippen LogP contribution is -1.96. The topological polar surface area (TPSA) is 84.3 Å². The Morgan fingerprint density at radius 2 is 2.08 bits per heavy atom. The SMILES string of the molecule is O=S(O)c1ccc(S(=O)(=O)Cl)cn1. The van der Waals surface area contributed by atoms with Crippen molar-refractivity contribution in [2.75, 3.05) is 0 Å². The molecular weight excluding hydrogens is 238 g/mol. The normalized spacial score (nSPS) is 14.0. The minimum Gasteiger partial charge on any atom is -0.301 e. The third kappa shape index (κ3) is 2.73. The molecule has 0 aliphatic carbocycles. The minimum absolute atomic E-state index is 0.121. The van der Waals surface area contributed by atoms with Gasteiger partial charge in [-0.05, 0) is 12.1 Å². The number of nitrogens with zero attached hydrogens (tertiary/aromatic N) is 1. The number of halogens is 1. The third-order valence-corrected chi connectivity index (χ3v) is 3.11. The molecule has 1 aromatic heterocycles. The van der Waals surface area contributed by atoms with Crippen LogP contribution >= 0.6 is 10.7 Å². The highest BCUT2D eigenvalue weighted by molar-refractivity contribution is 8.13. The fourth-order valence-electron chi connectivity index (χ4n) is 0.614. The molecule has 0 saturated heterocycles. The maximum absolute atomic E-state index is 10.7. The van der Waals surface area contributed by atoms with Crippen molar-refractivity contribution in [1.82, 2.24) is 4.98 Å². The second-order valence-electron chi connectivity index (χ2n) is 2.02. The molecule has 0 radical (unpaired) electrons. The Balaban J connectivity index is 3.16. The molecule has 0 bridgehead atoms. The summed E-state index contributed by atoms with van der Waals surface area (Å²) >= 11 is -2.21. The van der Waals surface area contributed by atoms with Crippen molar-refractivity contribution in [2.24, 2.45) is 0 Å². The molecule has 1 unspecified atom stereocenters. The zero-order valence-electron chi connectivity index (χ0n) is 6.05. The molecule has 13 heavy (non-hydrogen) atoms. The summed E-state index contributed by atoms with van der Waals surface area (Å²) in [7, 11) is 1.17. The lowest BCUT2D eigenvalue weighted by atomic mass is 10.5. The molecule has 1 rings (SSSR count). The van der Waals surface area contributed by atoms with E-state index in [-0.39, 0.29) is 9.92 Å². The number of rotatable bonds is 2. The Kier molecular flexibility index (Phi) is 3.01. The first kappa shape index (κ1) is 10.6. The van der Waals surface area contributed by atoms with E-state index in [2.05, 4.69) is 4.98 Å². The van der Waals surface area contributed by atoms with Crippen molar-refractivity contribution in [3.8, 4) is 0 Å². The second kappa shape index (κ2) is 3.70. The highest BCUT2D eigenvalue weighted by atomic mass is 35.7. The Hall–Kier alpha value is -0.500. The van der Waals surface area contributed by atoms with Gasteiger partial charge in [0.25, 0.3) is 9.05 Å². The Morgan fingerprint density at radius 3 is 2.38 bits per heavy atom. The molecule has 72 valence electrons. The summed E-state index contributed by atoms with van der Waals surface area (Å²) in [5.74, 6) is 0. The van der Waals surface area contributed by atoms with E-state index in [9.17, 15) is 12.6 Å². The molecule has 0 aliphatic rings. The van der Waals surface area contributed by atoms with Gasteiger partial charge in [-0.3, -0.25) is 0 Å². The standard InChI is InChI=1S/C5H4ClNO4S2/c6-13(10,11)4-1-2-5(7-3-4)12(8)9/h1-3H,(H,8,9). The predicted octanol–water partition coefficient (Wildman–Crippen LogP) is 0.590. The molecular formula is C5H4ClNO4S2. The lowest BCUT2D eigenvalue weighted by Gasteiger charge is -1.95. The van der Waals surface area contributed by atoms with Gasteiger partial charge in [-0.1, -0.05) is 0 Å². The van der Waals surface area contributed by atoms with Gasteiger partial charge >= 0.3 is 0 Å². The smallest absolute Gasteiger partial charge is 0.262 e. The van der Waals surface area contributed by atoms with Gasteiger partial charge in [-0.25, -0.2) is 17.6 Å². The largest absolute Gasteiger partial charge is 0.301 e. The molecule has 0 aliphatic heterocycles. The van der Waals surface area contributed by atoms with Gasteiger partial charge < -0.3 is 4.55 Å². The van der Waals surface area contributed by atoms with Crippen molar-refractivity contribution in [2.45, 2.75) is 9.92 Å². The van der Waals surface area contributed by atoms with E-state index >= 15 is 0 Å². The summed E-state index contributed by atoms with van der Waals surface area (Å²) in [6, 6.07) is 2.23. The number of aromatic nitrogens is 1. The first-order chi connectivity index (χ1) is 5.91. The molecule has 0 saturated carbocycles. The van der Waals surface area contributed by atoms with Gasteiger partial charge in [0.2, 0.25) is 11.1 Å². The second-order valence-corrected chi connectivity index (χ2v) is 5.50. The van der Waals surface area contributed by atoms with Crippen LogP contribution in [0.3, 0.4) is 0 Å². The van der Waals surface area contributed by atoms with Crippen molar-refractivity contribution in [3.63, 3.8) is 0 Å². The van der Waals surface area contributed by atoms with Crippen LogP contribution in [-0.2, 0) is 20.1 Å².